The molecule has 0 heterocycles. The van der Waals surface area contributed by atoms with Crippen molar-refractivity contribution in [1.82, 2.24) is 4.72 Å². The Morgan fingerprint density at radius 1 is 1.40 bits per heavy atom. The lowest BCUT2D eigenvalue weighted by atomic mass is 10.2. The second kappa shape index (κ2) is 7.87. The minimum absolute atomic E-state index is 0.000236. The Kier molecular flexibility index (Phi) is 7.11. The Morgan fingerprint density at radius 2 is 2.05 bits per heavy atom. The van der Waals surface area contributed by atoms with Crippen LogP contribution in [0.1, 0.15) is 19.4 Å². The molecule has 0 aliphatic carbocycles. The Morgan fingerprint density at radius 3 is 2.60 bits per heavy atom. The first kappa shape index (κ1) is 18.1. The molecule has 2 N–H and O–H groups in total. The number of hydrogen-bond acceptors (Lipinski definition) is 4. The number of halogens is 2. The standard InChI is InChI=1S/C12H17Cl2NO3S2/c1-3-19-7-8(2)15-20(17,18)11-5-10(13)4-9(6-16)12(11)14/h4-5,8,15-16H,3,6-7H2,1-2H3. The van der Waals surface area contributed by atoms with Crippen LogP contribution in [0, 0.1) is 0 Å². The van der Waals surface area contributed by atoms with Gasteiger partial charge >= 0.3 is 0 Å². The summed E-state index contributed by atoms with van der Waals surface area (Å²) in [4.78, 5) is -0.107. The van der Waals surface area contributed by atoms with Gasteiger partial charge in [-0.05, 0) is 30.4 Å². The van der Waals surface area contributed by atoms with Crippen LogP contribution < -0.4 is 4.72 Å². The van der Waals surface area contributed by atoms with E-state index in [0.717, 1.165) is 5.75 Å². The quantitative estimate of drug-likeness (QED) is 0.787. The van der Waals surface area contributed by atoms with E-state index in [0.29, 0.717) is 5.75 Å². The fourth-order valence-corrected chi connectivity index (χ4v) is 4.53. The molecule has 0 saturated carbocycles. The van der Waals surface area contributed by atoms with Gasteiger partial charge < -0.3 is 5.11 Å². The first-order valence-corrected chi connectivity index (χ1v) is 9.40. The van der Waals surface area contributed by atoms with E-state index in [9.17, 15) is 8.42 Å². The van der Waals surface area contributed by atoms with Crippen LogP contribution in [0.15, 0.2) is 17.0 Å². The molecule has 0 saturated heterocycles. The summed E-state index contributed by atoms with van der Waals surface area (Å²) in [5.41, 5.74) is 0.287. The van der Waals surface area contributed by atoms with Crippen LogP contribution in [0.3, 0.4) is 0 Å². The third-order valence-corrected chi connectivity index (χ3v) is 6.00. The monoisotopic (exact) mass is 357 g/mol. The highest BCUT2D eigenvalue weighted by molar-refractivity contribution is 7.99. The van der Waals surface area contributed by atoms with Crippen molar-refractivity contribution in [3.8, 4) is 0 Å². The summed E-state index contributed by atoms with van der Waals surface area (Å²) >= 11 is 13.5. The van der Waals surface area contributed by atoms with Crippen molar-refractivity contribution in [2.45, 2.75) is 31.4 Å². The molecule has 1 aromatic rings. The summed E-state index contributed by atoms with van der Waals surface area (Å²) in [5, 5.41) is 9.39. The zero-order valence-electron chi connectivity index (χ0n) is 11.2. The number of aliphatic hydroxyl groups is 1. The van der Waals surface area contributed by atoms with Crippen LogP contribution in [-0.4, -0.2) is 31.1 Å². The molecule has 0 radical (unpaired) electrons. The molecule has 1 atom stereocenters. The Hall–Kier alpha value is 0.0200. The minimum atomic E-state index is -3.77. The van der Waals surface area contributed by atoms with E-state index < -0.39 is 10.0 Å². The van der Waals surface area contributed by atoms with Crippen molar-refractivity contribution < 1.29 is 13.5 Å². The van der Waals surface area contributed by atoms with E-state index in [1.807, 2.05) is 6.92 Å². The number of rotatable bonds is 7. The molecule has 1 unspecified atom stereocenters. The highest BCUT2D eigenvalue weighted by Crippen LogP contribution is 2.29. The van der Waals surface area contributed by atoms with Gasteiger partial charge in [0.1, 0.15) is 4.90 Å². The molecule has 1 rings (SSSR count). The van der Waals surface area contributed by atoms with Gasteiger partial charge in [-0.3, -0.25) is 0 Å². The van der Waals surface area contributed by atoms with Gasteiger partial charge in [0.15, 0.2) is 0 Å². The summed E-state index contributed by atoms with van der Waals surface area (Å²) in [6, 6.07) is 2.50. The van der Waals surface area contributed by atoms with E-state index >= 15 is 0 Å². The first-order chi connectivity index (χ1) is 9.31. The molecule has 20 heavy (non-hydrogen) atoms. The number of nitrogens with one attached hydrogen (secondary N) is 1. The normalized spacial score (nSPS) is 13.4. The molecule has 0 spiro atoms. The van der Waals surface area contributed by atoms with Crippen LogP contribution >= 0.6 is 35.0 Å². The molecule has 0 bridgehead atoms. The molecule has 4 nitrogen and oxygen atoms in total. The van der Waals surface area contributed by atoms with Gasteiger partial charge in [0, 0.05) is 16.8 Å². The zero-order valence-corrected chi connectivity index (χ0v) is 14.3. The van der Waals surface area contributed by atoms with E-state index in [4.69, 9.17) is 28.3 Å². The molecule has 0 aromatic heterocycles. The Balaban J connectivity index is 3.06. The van der Waals surface area contributed by atoms with E-state index in [1.165, 1.54) is 12.1 Å². The molecule has 114 valence electrons. The molecule has 8 heteroatoms. The van der Waals surface area contributed by atoms with Crippen LogP contribution in [0.25, 0.3) is 0 Å². The number of aliphatic hydroxyl groups excluding tert-OH is 1. The maximum Gasteiger partial charge on any atom is 0.242 e. The number of benzene rings is 1. The van der Waals surface area contributed by atoms with Gasteiger partial charge in [-0.25, -0.2) is 13.1 Å². The molecule has 0 aliphatic rings. The third-order valence-electron chi connectivity index (χ3n) is 2.47. The second-order valence-electron chi connectivity index (χ2n) is 4.22. The number of thioether (sulfide) groups is 1. The van der Waals surface area contributed by atoms with Gasteiger partial charge in [0.25, 0.3) is 0 Å². The number of sulfonamides is 1. The van der Waals surface area contributed by atoms with Crippen molar-refractivity contribution in [1.29, 1.82) is 0 Å². The van der Waals surface area contributed by atoms with Crippen LogP contribution in [0.4, 0.5) is 0 Å². The van der Waals surface area contributed by atoms with Crippen molar-refractivity contribution in [2.75, 3.05) is 11.5 Å². The van der Waals surface area contributed by atoms with Crippen molar-refractivity contribution in [3.05, 3.63) is 27.7 Å². The Labute approximate surface area is 133 Å². The van der Waals surface area contributed by atoms with Gasteiger partial charge in [-0.15, -0.1) is 0 Å². The smallest absolute Gasteiger partial charge is 0.242 e. The predicted molar refractivity (Wildman–Crippen MR) is 85.2 cm³/mol. The fourth-order valence-electron chi connectivity index (χ4n) is 1.59. The average molecular weight is 358 g/mol. The summed E-state index contributed by atoms with van der Waals surface area (Å²) in [7, 11) is -3.77. The fraction of sp³-hybridized carbons (Fsp3) is 0.500. The van der Waals surface area contributed by atoms with Gasteiger partial charge in [-0.2, -0.15) is 11.8 Å². The van der Waals surface area contributed by atoms with Gasteiger partial charge in [-0.1, -0.05) is 30.1 Å². The largest absolute Gasteiger partial charge is 0.392 e. The maximum atomic E-state index is 12.3. The van der Waals surface area contributed by atoms with Gasteiger partial charge in [0.2, 0.25) is 10.0 Å². The summed E-state index contributed by atoms with van der Waals surface area (Å²) in [6.45, 7) is 3.42. The molecule has 1 aromatic carbocycles. The maximum absolute atomic E-state index is 12.3. The van der Waals surface area contributed by atoms with Crippen LogP contribution in [-0.2, 0) is 16.6 Å². The van der Waals surface area contributed by atoms with Crippen molar-refractivity contribution in [3.63, 3.8) is 0 Å². The predicted octanol–water partition coefficient (Wildman–Crippen LogP) is 2.91. The van der Waals surface area contributed by atoms with Crippen molar-refractivity contribution in [2.24, 2.45) is 0 Å². The van der Waals surface area contributed by atoms with Gasteiger partial charge in [0.05, 0.1) is 11.6 Å². The third kappa shape index (κ3) is 4.79. The second-order valence-corrected chi connectivity index (χ2v) is 8.03. The first-order valence-electron chi connectivity index (χ1n) is 6.00. The summed E-state index contributed by atoms with van der Waals surface area (Å²) in [6.07, 6.45) is 0. The van der Waals surface area contributed by atoms with Crippen LogP contribution in [0.5, 0.6) is 0 Å². The highest BCUT2D eigenvalue weighted by Gasteiger charge is 2.22. The topological polar surface area (TPSA) is 66.4 Å². The van der Waals surface area contributed by atoms with Crippen LogP contribution in [0.2, 0.25) is 10.0 Å². The summed E-state index contributed by atoms with van der Waals surface area (Å²) < 4.78 is 27.2. The summed E-state index contributed by atoms with van der Waals surface area (Å²) in [5.74, 6) is 1.58. The van der Waals surface area contributed by atoms with E-state index in [-0.39, 0.29) is 33.2 Å². The highest BCUT2D eigenvalue weighted by atomic mass is 35.5. The van der Waals surface area contributed by atoms with E-state index in [2.05, 4.69) is 4.72 Å². The minimum Gasteiger partial charge on any atom is -0.392 e. The number of hydrogen-bond donors (Lipinski definition) is 2. The molecular formula is C12H17Cl2NO3S2. The molecule has 0 aliphatic heterocycles. The molecular weight excluding hydrogens is 341 g/mol. The van der Waals surface area contributed by atoms with Crippen molar-refractivity contribution >= 4 is 45.0 Å². The SMILES string of the molecule is CCSCC(C)NS(=O)(=O)c1cc(Cl)cc(CO)c1Cl. The Bertz CT molecular complexity index is 564. The average Bonchev–Trinajstić information content (AvgIpc) is 2.37. The zero-order chi connectivity index (χ0) is 15.3. The lowest BCUT2D eigenvalue weighted by Gasteiger charge is -2.15. The lowest BCUT2D eigenvalue weighted by Crippen LogP contribution is -2.34. The molecule has 0 fully saturated rings. The lowest BCUT2D eigenvalue weighted by molar-refractivity contribution is 0.281. The van der Waals surface area contributed by atoms with E-state index in [1.54, 1.807) is 18.7 Å². The molecule has 0 amide bonds.